The van der Waals surface area contributed by atoms with Gasteiger partial charge in [-0.05, 0) is 29.3 Å². The fraction of sp³-hybridized carbons (Fsp3) is 0.0690. The Balaban J connectivity index is 1.73. The molecule has 5 rings (SSSR count). The lowest BCUT2D eigenvalue weighted by molar-refractivity contribution is -0.137. The number of nitrogens with zero attached hydrogens (tertiary/aromatic N) is 1. The number of alkyl halides is 3. The third-order valence-corrected chi connectivity index (χ3v) is 5.90. The summed E-state index contributed by atoms with van der Waals surface area (Å²) in [6.07, 6.45) is -4.46. The lowest BCUT2D eigenvalue weighted by Gasteiger charge is -2.13. The molecule has 0 N–H and O–H groups in total. The SMILES string of the molecule is O=C(c1ccc(C(F)(F)F)cc1)c1c(-c2ccccc2)n(Cc2ccccc2)c2ccccc12. The normalized spacial score (nSPS) is 11.6. The number of ketones is 1. The van der Waals surface area contributed by atoms with Crippen molar-refractivity contribution in [3.8, 4) is 11.3 Å². The van der Waals surface area contributed by atoms with Crippen LogP contribution in [0.4, 0.5) is 13.2 Å². The predicted molar refractivity (Wildman–Crippen MR) is 128 cm³/mol. The molecule has 0 amide bonds. The fourth-order valence-electron chi connectivity index (χ4n) is 4.31. The third-order valence-electron chi connectivity index (χ3n) is 5.90. The number of benzene rings is 4. The number of rotatable bonds is 5. The van der Waals surface area contributed by atoms with Gasteiger partial charge in [-0.2, -0.15) is 13.2 Å². The van der Waals surface area contributed by atoms with Crippen molar-refractivity contribution in [3.05, 3.63) is 131 Å². The van der Waals surface area contributed by atoms with Crippen LogP contribution < -0.4 is 0 Å². The van der Waals surface area contributed by atoms with Crippen LogP contribution in [0.25, 0.3) is 22.2 Å². The number of para-hydroxylation sites is 1. The smallest absolute Gasteiger partial charge is 0.335 e. The van der Waals surface area contributed by atoms with Gasteiger partial charge in [-0.25, -0.2) is 0 Å². The van der Waals surface area contributed by atoms with Gasteiger partial charge in [0.05, 0.1) is 16.8 Å². The first-order valence-corrected chi connectivity index (χ1v) is 10.9. The quantitative estimate of drug-likeness (QED) is 0.250. The Labute approximate surface area is 194 Å². The van der Waals surface area contributed by atoms with E-state index in [1.165, 1.54) is 12.1 Å². The van der Waals surface area contributed by atoms with E-state index in [2.05, 4.69) is 4.57 Å². The van der Waals surface area contributed by atoms with Crippen LogP contribution in [0.5, 0.6) is 0 Å². The molecule has 0 saturated carbocycles. The van der Waals surface area contributed by atoms with Crippen molar-refractivity contribution in [1.82, 2.24) is 4.57 Å². The van der Waals surface area contributed by atoms with Crippen molar-refractivity contribution < 1.29 is 18.0 Å². The maximum atomic E-state index is 13.8. The summed E-state index contributed by atoms with van der Waals surface area (Å²) in [6, 6.07) is 31.6. The van der Waals surface area contributed by atoms with Crippen molar-refractivity contribution in [2.75, 3.05) is 0 Å². The highest BCUT2D eigenvalue weighted by molar-refractivity contribution is 6.20. The second-order valence-corrected chi connectivity index (χ2v) is 8.08. The zero-order chi connectivity index (χ0) is 23.7. The molecule has 0 radical (unpaired) electrons. The molecule has 0 unspecified atom stereocenters. The second kappa shape index (κ2) is 8.67. The molecule has 0 aliphatic rings. The van der Waals surface area contributed by atoms with Crippen LogP contribution in [0.1, 0.15) is 27.0 Å². The third kappa shape index (κ3) is 4.01. The summed E-state index contributed by atoms with van der Waals surface area (Å²) in [5.74, 6) is -0.310. The first-order valence-electron chi connectivity index (χ1n) is 10.9. The van der Waals surface area contributed by atoms with Gasteiger partial charge in [0.2, 0.25) is 0 Å². The highest BCUT2D eigenvalue weighted by Crippen LogP contribution is 2.37. The Hall–Kier alpha value is -4.12. The van der Waals surface area contributed by atoms with Crippen LogP contribution in [0.2, 0.25) is 0 Å². The zero-order valence-corrected chi connectivity index (χ0v) is 18.1. The van der Waals surface area contributed by atoms with Crippen LogP contribution >= 0.6 is 0 Å². The van der Waals surface area contributed by atoms with E-state index in [1.54, 1.807) is 0 Å². The second-order valence-electron chi connectivity index (χ2n) is 8.08. The molecule has 0 aliphatic heterocycles. The molecule has 4 aromatic carbocycles. The molecule has 1 heterocycles. The lowest BCUT2D eigenvalue weighted by Crippen LogP contribution is -2.08. The summed E-state index contributed by atoms with van der Waals surface area (Å²) in [5.41, 5.74) is 3.50. The van der Waals surface area contributed by atoms with E-state index in [9.17, 15) is 18.0 Å². The molecular weight excluding hydrogens is 435 g/mol. The number of fused-ring (bicyclic) bond motifs is 1. The minimum atomic E-state index is -4.46. The van der Waals surface area contributed by atoms with Gasteiger partial charge in [0.25, 0.3) is 0 Å². The van der Waals surface area contributed by atoms with E-state index in [0.29, 0.717) is 12.1 Å². The molecule has 0 aliphatic carbocycles. The number of hydrogen-bond acceptors (Lipinski definition) is 1. The molecule has 5 aromatic rings. The number of carbonyl (C=O) groups is 1. The Bertz CT molecular complexity index is 1450. The molecule has 0 bridgehead atoms. The Morgan fingerprint density at radius 1 is 0.706 bits per heavy atom. The van der Waals surface area contributed by atoms with Crippen LogP contribution in [0, 0.1) is 0 Å². The van der Waals surface area contributed by atoms with E-state index >= 15 is 0 Å². The summed E-state index contributed by atoms with van der Waals surface area (Å²) in [4.78, 5) is 13.8. The van der Waals surface area contributed by atoms with Crippen LogP contribution in [0.15, 0.2) is 109 Å². The van der Waals surface area contributed by atoms with Gasteiger partial charge in [-0.3, -0.25) is 4.79 Å². The molecular formula is C29H20F3NO. The molecule has 2 nitrogen and oxygen atoms in total. The van der Waals surface area contributed by atoms with Crippen LogP contribution in [-0.4, -0.2) is 10.4 Å². The zero-order valence-electron chi connectivity index (χ0n) is 18.1. The summed E-state index contributed by atoms with van der Waals surface area (Å²) in [6.45, 7) is 0.547. The van der Waals surface area contributed by atoms with Crippen molar-refractivity contribution in [2.24, 2.45) is 0 Å². The number of hydrogen-bond donors (Lipinski definition) is 0. The molecule has 0 fully saturated rings. The summed E-state index contributed by atoms with van der Waals surface area (Å²) in [7, 11) is 0. The van der Waals surface area contributed by atoms with Gasteiger partial charge >= 0.3 is 6.18 Å². The van der Waals surface area contributed by atoms with Gasteiger partial charge < -0.3 is 4.57 Å². The van der Waals surface area contributed by atoms with Crippen LogP contribution in [0.3, 0.4) is 0 Å². The number of carbonyl (C=O) groups excluding carboxylic acids is 1. The monoisotopic (exact) mass is 455 g/mol. The molecule has 5 heteroatoms. The van der Waals surface area contributed by atoms with E-state index in [0.717, 1.165) is 39.9 Å². The molecule has 1 aromatic heterocycles. The Kier molecular flexibility index (Phi) is 5.54. The van der Waals surface area contributed by atoms with E-state index in [-0.39, 0.29) is 11.3 Å². The van der Waals surface area contributed by atoms with E-state index in [4.69, 9.17) is 0 Å². The van der Waals surface area contributed by atoms with Crippen molar-refractivity contribution >= 4 is 16.7 Å². The van der Waals surface area contributed by atoms with Gasteiger partial charge in [-0.1, -0.05) is 91.0 Å². The maximum absolute atomic E-state index is 13.8. The number of aromatic nitrogens is 1. The van der Waals surface area contributed by atoms with Crippen molar-refractivity contribution in [3.63, 3.8) is 0 Å². The van der Waals surface area contributed by atoms with Crippen molar-refractivity contribution in [1.29, 1.82) is 0 Å². The van der Waals surface area contributed by atoms with Crippen molar-refractivity contribution in [2.45, 2.75) is 12.7 Å². The number of halogens is 3. The van der Waals surface area contributed by atoms with E-state index in [1.807, 2.05) is 84.9 Å². The predicted octanol–water partition coefficient (Wildman–Crippen LogP) is 7.61. The highest BCUT2D eigenvalue weighted by atomic mass is 19.4. The maximum Gasteiger partial charge on any atom is 0.416 e. The van der Waals surface area contributed by atoms with E-state index < -0.39 is 11.7 Å². The first kappa shape index (κ1) is 21.7. The van der Waals surface area contributed by atoms with Gasteiger partial charge in [-0.15, -0.1) is 0 Å². The fourth-order valence-corrected chi connectivity index (χ4v) is 4.31. The minimum Gasteiger partial charge on any atom is -0.335 e. The van der Waals surface area contributed by atoms with Gasteiger partial charge in [0.1, 0.15) is 0 Å². The van der Waals surface area contributed by atoms with Gasteiger partial charge in [0.15, 0.2) is 5.78 Å². The summed E-state index contributed by atoms with van der Waals surface area (Å²) < 4.78 is 41.3. The largest absolute Gasteiger partial charge is 0.416 e. The van der Waals surface area contributed by atoms with Crippen LogP contribution in [-0.2, 0) is 12.7 Å². The minimum absolute atomic E-state index is 0.216. The molecule has 0 saturated heterocycles. The Morgan fingerprint density at radius 2 is 1.29 bits per heavy atom. The molecule has 0 spiro atoms. The average Bonchev–Trinajstić information content (AvgIpc) is 3.18. The summed E-state index contributed by atoms with van der Waals surface area (Å²) >= 11 is 0. The highest BCUT2D eigenvalue weighted by Gasteiger charge is 2.31. The average molecular weight is 455 g/mol. The van der Waals surface area contributed by atoms with Gasteiger partial charge in [0, 0.05) is 23.0 Å². The summed E-state index contributed by atoms with van der Waals surface area (Å²) in [5, 5.41) is 0.766. The topological polar surface area (TPSA) is 22.0 Å². The standard InChI is InChI=1S/C29H20F3NO/c30-29(31,32)23-17-15-22(16-18-23)28(34)26-24-13-7-8-14-25(24)33(19-20-9-3-1-4-10-20)27(26)21-11-5-2-6-12-21/h1-18H,19H2. The lowest BCUT2D eigenvalue weighted by atomic mass is 9.96. The molecule has 0 atom stereocenters. The first-order chi connectivity index (χ1) is 16.4. The molecule has 34 heavy (non-hydrogen) atoms. The molecule has 168 valence electrons. The Morgan fingerprint density at radius 3 is 1.94 bits per heavy atom.